The van der Waals surface area contributed by atoms with Crippen LogP contribution in [0.5, 0.6) is 0 Å². The molecule has 0 bridgehead atoms. The zero-order chi connectivity index (χ0) is 15.9. The molecule has 2 rings (SSSR count). The van der Waals surface area contributed by atoms with Crippen LogP contribution in [0.2, 0.25) is 0 Å². The van der Waals surface area contributed by atoms with E-state index in [2.05, 4.69) is 33.5 Å². The minimum Gasteiger partial charge on any atom is -0.392 e. The molecular formula is C15H25N5O2. The number of rotatable bonds is 5. The zero-order valence-electron chi connectivity index (χ0n) is 13.0. The number of nitrogens with one attached hydrogen (secondary N) is 5. The van der Waals surface area contributed by atoms with Crippen LogP contribution in [0.4, 0.5) is 10.5 Å². The van der Waals surface area contributed by atoms with Gasteiger partial charge in [-0.3, -0.25) is 16.0 Å². The van der Waals surface area contributed by atoms with Crippen LogP contribution >= 0.6 is 0 Å². The van der Waals surface area contributed by atoms with E-state index in [0.717, 1.165) is 12.1 Å². The largest absolute Gasteiger partial charge is 0.392 e. The van der Waals surface area contributed by atoms with Gasteiger partial charge in [0.25, 0.3) is 0 Å². The van der Waals surface area contributed by atoms with E-state index in [9.17, 15) is 9.90 Å². The first-order chi connectivity index (χ1) is 10.5. The van der Waals surface area contributed by atoms with Gasteiger partial charge >= 0.3 is 6.03 Å². The van der Waals surface area contributed by atoms with E-state index in [1.807, 2.05) is 30.3 Å². The van der Waals surface area contributed by atoms with E-state index in [0.29, 0.717) is 6.54 Å². The van der Waals surface area contributed by atoms with Crippen molar-refractivity contribution in [1.82, 2.24) is 21.3 Å². The number of anilines is 1. The molecule has 0 saturated carbocycles. The lowest BCUT2D eigenvalue weighted by molar-refractivity contribution is 0.155. The smallest absolute Gasteiger partial charge is 0.321 e. The molecule has 0 radical (unpaired) electrons. The molecule has 0 aromatic heterocycles. The van der Waals surface area contributed by atoms with E-state index >= 15 is 0 Å². The van der Waals surface area contributed by atoms with Gasteiger partial charge in [0.15, 0.2) is 0 Å². The van der Waals surface area contributed by atoms with Crippen LogP contribution in [-0.4, -0.2) is 42.3 Å². The van der Waals surface area contributed by atoms with Gasteiger partial charge in [-0.1, -0.05) is 18.2 Å². The third-order valence-corrected chi connectivity index (χ3v) is 3.38. The SMILES string of the molecule is CC(O)CNC1CC(C)NC(NC(=O)Nc2ccccc2)N1. The van der Waals surface area contributed by atoms with Crippen molar-refractivity contribution in [2.24, 2.45) is 0 Å². The molecule has 4 unspecified atom stereocenters. The van der Waals surface area contributed by atoms with Crippen molar-refractivity contribution in [2.45, 2.75) is 44.9 Å². The molecule has 1 aromatic carbocycles. The van der Waals surface area contributed by atoms with E-state index in [-0.39, 0.29) is 24.5 Å². The molecule has 1 heterocycles. The van der Waals surface area contributed by atoms with Gasteiger partial charge in [0.05, 0.1) is 12.3 Å². The van der Waals surface area contributed by atoms with Crippen LogP contribution in [0.15, 0.2) is 30.3 Å². The van der Waals surface area contributed by atoms with Crippen LogP contribution < -0.4 is 26.6 Å². The molecule has 0 spiro atoms. The predicted molar refractivity (Wildman–Crippen MR) is 86.2 cm³/mol. The summed E-state index contributed by atoms with van der Waals surface area (Å²) in [6.07, 6.45) is 0.164. The van der Waals surface area contributed by atoms with Crippen LogP contribution in [-0.2, 0) is 0 Å². The Morgan fingerprint density at radius 3 is 2.77 bits per heavy atom. The third-order valence-electron chi connectivity index (χ3n) is 3.38. The van der Waals surface area contributed by atoms with E-state index in [4.69, 9.17) is 0 Å². The van der Waals surface area contributed by atoms with E-state index < -0.39 is 6.10 Å². The number of aliphatic hydroxyl groups excluding tert-OH is 1. The Bertz CT molecular complexity index is 468. The number of benzene rings is 1. The van der Waals surface area contributed by atoms with Crippen LogP contribution in [0.1, 0.15) is 20.3 Å². The minimum absolute atomic E-state index is 0.0351. The Labute approximate surface area is 130 Å². The summed E-state index contributed by atoms with van der Waals surface area (Å²) in [5.74, 6) is 0. The number of carbonyl (C=O) groups excluding carboxylic acids is 1. The summed E-state index contributed by atoms with van der Waals surface area (Å²) < 4.78 is 0. The maximum Gasteiger partial charge on any atom is 0.321 e. The second-order valence-electron chi connectivity index (χ2n) is 5.68. The monoisotopic (exact) mass is 307 g/mol. The topological polar surface area (TPSA) is 97.5 Å². The van der Waals surface area contributed by atoms with Gasteiger partial charge in [0, 0.05) is 18.3 Å². The Hall–Kier alpha value is -1.67. The first-order valence-corrected chi connectivity index (χ1v) is 7.59. The Balaban J connectivity index is 1.81. The summed E-state index contributed by atoms with van der Waals surface area (Å²) in [4.78, 5) is 12.0. The Kier molecular flexibility index (Phi) is 6.14. The fourth-order valence-electron chi connectivity index (χ4n) is 2.38. The van der Waals surface area contributed by atoms with Gasteiger partial charge in [0.2, 0.25) is 0 Å². The highest BCUT2D eigenvalue weighted by atomic mass is 16.3. The lowest BCUT2D eigenvalue weighted by Crippen LogP contribution is -2.68. The molecule has 1 aliphatic heterocycles. The van der Waals surface area contributed by atoms with Crippen molar-refractivity contribution in [1.29, 1.82) is 0 Å². The third kappa shape index (κ3) is 5.61. The lowest BCUT2D eigenvalue weighted by Gasteiger charge is -2.37. The maximum absolute atomic E-state index is 12.0. The number of carbonyl (C=O) groups is 1. The predicted octanol–water partition coefficient (Wildman–Crippen LogP) is 0.360. The van der Waals surface area contributed by atoms with E-state index in [1.54, 1.807) is 6.92 Å². The summed E-state index contributed by atoms with van der Waals surface area (Å²) in [5.41, 5.74) is 0.743. The second-order valence-corrected chi connectivity index (χ2v) is 5.68. The number of urea groups is 1. The number of aliphatic hydroxyl groups is 1. The van der Waals surface area contributed by atoms with Crippen LogP contribution in [0.25, 0.3) is 0 Å². The fourth-order valence-corrected chi connectivity index (χ4v) is 2.38. The van der Waals surface area contributed by atoms with Crippen molar-refractivity contribution in [2.75, 3.05) is 11.9 Å². The van der Waals surface area contributed by atoms with Gasteiger partial charge < -0.3 is 15.7 Å². The van der Waals surface area contributed by atoms with Crippen LogP contribution in [0, 0.1) is 0 Å². The Morgan fingerprint density at radius 1 is 1.36 bits per heavy atom. The summed E-state index contributed by atoms with van der Waals surface area (Å²) in [6.45, 7) is 4.30. The van der Waals surface area contributed by atoms with Gasteiger partial charge in [-0.25, -0.2) is 4.79 Å². The van der Waals surface area contributed by atoms with E-state index in [1.165, 1.54) is 0 Å². The quantitative estimate of drug-likeness (QED) is 0.472. The summed E-state index contributed by atoms with van der Waals surface area (Å²) in [7, 11) is 0. The van der Waals surface area contributed by atoms with Gasteiger partial charge in [-0.15, -0.1) is 0 Å². The second kappa shape index (κ2) is 8.09. The number of para-hydroxylation sites is 1. The number of hydrogen-bond donors (Lipinski definition) is 6. The highest BCUT2D eigenvalue weighted by Crippen LogP contribution is 2.06. The molecular weight excluding hydrogens is 282 g/mol. The molecule has 1 aliphatic rings. The highest BCUT2D eigenvalue weighted by Gasteiger charge is 2.25. The van der Waals surface area contributed by atoms with Crippen molar-refractivity contribution >= 4 is 11.7 Å². The molecule has 1 fully saturated rings. The van der Waals surface area contributed by atoms with Gasteiger partial charge in [0.1, 0.15) is 6.29 Å². The highest BCUT2D eigenvalue weighted by molar-refractivity contribution is 5.89. The average molecular weight is 307 g/mol. The molecule has 4 atom stereocenters. The molecule has 2 amide bonds. The fraction of sp³-hybridized carbons (Fsp3) is 0.533. The van der Waals surface area contributed by atoms with Gasteiger partial charge in [-0.05, 0) is 32.4 Å². The van der Waals surface area contributed by atoms with Crippen molar-refractivity contribution in [3.63, 3.8) is 0 Å². The lowest BCUT2D eigenvalue weighted by atomic mass is 10.1. The summed E-state index contributed by atoms with van der Waals surface area (Å²) in [5, 5.41) is 24.7. The summed E-state index contributed by atoms with van der Waals surface area (Å²) >= 11 is 0. The Morgan fingerprint density at radius 2 is 2.09 bits per heavy atom. The molecule has 0 aliphatic carbocycles. The average Bonchev–Trinajstić information content (AvgIpc) is 2.45. The first-order valence-electron chi connectivity index (χ1n) is 7.59. The molecule has 7 heteroatoms. The zero-order valence-corrected chi connectivity index (χ0v) is 13.0. The first kappa shape index (κ1) is 16.7. The number of hydrogen-bond acceptors (Lipinski definition) is 5. The molecule has 1 saturated heterocycles. The molecule has 1 aromatic rings. The minimum atomic E-state index is -0.403. The maximum atomic E-state index is 12.0. The van der Waals surface area contributed by atoms with Crippen molar-refractivity contribution in [3.8, 4) is 0 Å². The van der Waals surface area contributed by atoms with Crippen molar-refractivity contribution < 1.29 is 9.90 Å². The molecule has 22 heavy (non-hydrogen) atoms. The van der Waals surface area contributed by atoms with Gasteiger partial charge in [-0.2, -0.15) is 0 Å². The van der Waals surface area contributed by atoms with Crippen molar-refractivity contribution in [3.05, 3.63) is 30.3 Å². The molecule has 7 nitrogen and oxygen atoms in total. The normalized spacial score (nSPS) is 26.2. The van der Waals surface area contributed by atoms with Crippen LogP contribution in [0.3, 0.4) is 0 Å². The summed E-state index contributed by atoms with van der Waals surface area (Å²) in [6, 6.07) is 9.26. The molecule has 6 N–H and O–H groups in total. The number of amides is 2. The molecule has 122 valence electrons. The standard InChI is InChI=1S/C15H25N5O2/c1-10-8-13(16-9-11(2)21)19-14(17-10)20-15(22)18-12-6-4-3-5-7-12/h3-7,10-11,13-14,16-17,19,21H,8-9H2,1-2H3,(H2,18,20,22).